The van der Waals surface area contributed by atoms with E-state index in [1.165, 1.54) is 13.8 Å². The first-order valence-corrected chi connectivity index (χ1v) is 8.88. The van der Waals surface area contributed by atoms with Gasteiger partial charge in [-0.3, -0.25) is 14.4 Å². The van der Waals surface area contributed by atoms with Crippen molar-refractivity contribution in [1.82, 2.24) is 0 Å². The number of fused-ring (bicyclic) bond motifs is 3. The summed E-state index contributed by atoms with van der Waals surface area (Å²) in [4.78, 5) is 36.1. The zero-order chi connectivity index (χ0) is 18.0. The van der Waals surface area contributed by atoms with Gasteiger partial charge in [0.15, 0.2) is 0 Å². The van der Waals surface area contributed by atoms with Crippen molar-refractivity contribution in [2.75, 3.05) is 0 Å². The molecule has 4 aliphatic carbocycles. The Labute approximate surface area is 143 Å². The maximum absolute atomic E-state index is 12.8. The van der Waals surface area contributed by atoms with Crippen LogP contribution < -0.4 is 0 Å². The molecule has 4 fully saturated rings. The molecule has 4 saturated carbocycles. The van der Waals surface area contributed by atoms with E-state index in [2.05, 4.69) is 27.7 Å². The fourth-order valence-corrected chi connectivity index (χ4v) is 6.21. The molecule has 4 rings (SSSR count). The third-order valence-electron chi connectivity index (χ3n) is 7.04. The second-order valence-electron chi connectivity index (χ2n) is 8.80. The highest BCUT2D eigenvalue weighted by molar-refractivity contribution is 5.86. The molecule has 0 amide bonds. The Morgan fingerprint density at radius 1 is 1.00 bits per heavy atom. The van der Waals surface area contributed by atoms with Crippen LogP contribution in [0.4, 0.5) is 0 Å². The minimum absolute atomic E-state index is 0.112. The maximum Gasteiger partial charge on any atom is 0.302 e. The lowest BCUT2D eigenvalue weighted by molar-refractivity contribution is -0.237. The van der Waals surface area contributed by atoms with Gasteiger partial charge in [-0.05, 0) is 17.8 Å². The number of rotatable bonds is 2. The van der Waals surface area contributed by atoms with E-state index in [-0.39, 0.29) is 58.5 Å². The summed E-state index contributed by atoms with van der Waals surface area (Å²) >= 11 is 0. The van der Waals surface area contributed by atoms with Crippen LogP contribution in [0.2, 0.25) is 0 Å². The van der Waals surface area contributed by atoms with Gasteiger partial charge in [0.1, 0.15) is 18.0 Å². The van der Waals surface area contributed by atoms with E-state index >= 15 is 0 Å². The molecule has 0 heterocycles. The largest absolute Gasteiger partial charge is 0.462 e. The smallest absolute Gasteiger partial charge is 0.302 e. The van der Waals surface area contributed by atoms with Gasteiger partial charge in [0.05, 0.1) is 0 Å². The third-order valence-corrected chi connectivity index (χ3v) is 7.04. The van der Waals surface area contributed by atoms with Gasteiger partial charge < -0.3 is 9.47 Å². The molecule has 0 spiro atoms. The van der Waals surface area contributed by atoms with Crippen molar-refractivity contribution >= 4 is 17.7 Å². The number of ketones is 1. The van der Waals surface area contributed by atoms with Crippen LogP contribution in [0.15, 0.2) is 0 Å². The number of hydrogen-bond acceptors (Lipinski definition) is 5. The number of ether oxygens (including phenoxy) is 2. The summed E-state index contributed by atoms with van der Waals surface area (Å²) < 4.78 is 11.3. The zero-order valence-electron chi connectivity index (χ0n) is 15.4. The molecule has 24 heavy (non-hydrogen) atoms. The Balaban J connectivity index is 2.08. The molecule has 0 aromatic carbocycles. The van der Waals surface area contributed by atoms with E-state index in [4.69, 9.17) is 9.47 Å². The van der Waals surface area contributed by atoms with Crippen LogP contribution in [0.5, 0.6) is 0 Å². The van der Waals surface area contributed by atoms with E-state index in [1.54, 1.807) is 0 Å². The van der Waals surface area contributed by atoms with Crippen molar-refractivity contribution in [3.63, 3.8) is 0 Å². The van der Waals surface area contributed by atoms with Crippen molar-refractivity contribution < 1.29 is 23.9 Å². The molecule has 0 aromatic heterocycles. The fraction of sp³-hybridized carbons (Fsp3) is 0.842. The molecule has 4 aliphatic rings. The van der Waals surface area contributed by atoms with E-state index in [1.807, 2.05) is 0 Å². The van der Waals surface area contributed by atoms with Crippen LogP contribution in [0.3, 0.4) is 0 Å². The molecule has 4 bridgehead atoms. The summed E-state index contributed by atoms with van der Waals surface area (Å²) in [6, 6.07) is 0. The molecular weight excluding hydrogens is 308 g/mol. The number of esters is 2. The molecule has 0 radical (unpaired) electrons. The van der Waals surface area contributed by atoms with Gasteiger partial charge in [-0.15, -0.1) is 0 Å². The van der Waals surface area contributed by atoms with Crippen molar-refractivity contribution in [3.8, 4) is 0 Å². The number of hydrogen-bond donors (Lipinski definition) is 0. The lowest BCUT2D eigenvalue weighted by atomic mass is 9.35. The van der Waals surface area contributed by atoms with Gasteiger partial charge >= 0.3 is 11.9 Å². The first-order valence-electron chi connectivity index (χ1n) is 8.88. The summed E-state index contributed by atoms with van der Waals surface area (Å²) in [5, 5.41) is 0. The first kappa shape index (κ1) is 17.4. The lowest BCUT2D eigenvalue weighted by Crippen LogP contribution is -2.70. The van der Waals surface area contributed by atoms with Gasteiger partial charge in [-0.2, -0.15) is 0 Å². The molecule has 0 saturated heterocycles. The van der Waals surface area contributed by atoms with E-state index < -0.39 is 0 Å². The summed E-state index contributed by atoms with van der Waals surface area (Å²) in [6.45, 7) is 11.2. The SMILES string of the molecule is CC(=O)O[C@@H]1C[C@@H](OC(C)=O)[C@]2(C)[C@H]3[C@@H]([C@H]2C(=O)C[C@@H]3C)C1(C)C. The van der Waals surface area contributed by atoms with Gasteiger partial charge in [-0.1, -0.05) is 27.7 Å². The summed E-state index contributed by atoms with van der Waals surface area (Å²) in [5.41, 5.74) is -0.670. The number of Topliss-reactive ketones (excluding diaryl/α,β-unsaturated/α-hetero) is 1. The van der Waals surface area contributed by atoms with E-state index in [9.17, 15) is 14.4 Å². The number of carbonyl (C=O) groups excluding carboxylic acids is 3. The second-order valence-corrected chi connectivity index (χ2v) is 8.80. The highest BCUT2D eigenvalue weighted by atomic mass is 16.6. The highest BCUT2D eigenvalue weighted by Crippen LogP contribution is 2.73. The van der Waals surface area contributed by atoms with Crippen molar-refractivity contribution in [2.45, 2.75) is 66.6 Å². The van der Waals surface area contributed by atoms with Crippen molar-refractivity contribution in [1.29, 1.82) is 0 Å². The number of carbonyl (C=O) groups is 3. The molecule has 5 heteroatoms. The average Bonchev–Trinajstić information content (AvgIpc) is 2.50. The molecule has 5 nitrogen and oxygen atoms in total. The average molecular weight is 336 g/mol. The van der Waals surface area contributed by atoms with Gasteiger partial charge in [0.25, 0.3) is 0 Å². The van der Waals surface area contributed by atoms with E-state index in [0.29, 0.717) is 18.8 Å². The molecule has 0 unspecified atom stereocenters. The molecule has 7 atom stereocenters. The summed E-state index contributed by atoms with van der Waals surface area (Å²) in [6.07, 6.45) is 0.324. The lowest BCUT2D eigenvalue weighted by Gasteiger charge is -2.68. The predicted molar refractivity (Wildman–Crippen MR) is 86.9 cm³/mol. The molecule has 0 aromatic rings. The van der Waals surface area contributed by atoms with Crippen LogP contribution in [-0.2, 0) is 23.9 Å². The standard InChI is InChI=1S/C19H28O5/c1-9-7-12(22)16-17-15(9)19(16,6)14(24-11(3)21)8-13(18(17,4)5)23-10(2)20/h9,13-17H,7-8H2,1-6H3/t9-,13+,14+,15+,16+,17-,19+/m0/s1. The molecule has 0 aliphatic heterocycles. The molecule has 0 N–H and O–H groups in total. The van der Waals surface area contributed by atoms with Crippen molar-refractivity contribution in [3.05, 3.63) is 0 Å². The van der Waals surface area contributed by atoms with Crippen LogP contribution in [0.25, 0.3) is 0 Å². The second kappa shape index (κ2) is 5.30. The Morgan fingerprint density at radius 3 is 2.04 bits per heavy atom. The Hall–Kier alpha value is -1.39. The minimum atomic E-state index is -0.390. The van der Waals surface area contributed by atoms with Gasteiger partial charge in [-0.25, -0.2) is 0 Å². The van der Waals surface area contributed by atoms with Gasteiger partial charge in [0, 0.05) is 43.4 Å². The molecule has 134 valence electrons. The monoisotopic (exact) mass is 336 g/mol. The predicted octanol–water partition coefficient (Wildman–Crippen LogP) is 2.76. The highest BCUT2D eigenvalue weighted by Gasteiger charge is 2.75. The van der Waals surface area contributed by atoms with Crippen molar-refractivity contribution in [2.24, 2.45) is 34.5 Å². The van der Waals surface area contributed by atoms with Crippen LogP contribution in [-0.4, -0.2) is 29.9 Å². The van der Waals surface area contributed by atoms with E-state index in [0.717, 1.165) is 0 Å². The Morgan fingerprint density at radius 2 is 1.54 bits per heavy atom. The molecular formula is C19H28O5. The first-order chi connectivity index (χ1) is 11.0. The summed E-state index contributed by atoms with van der Waals surface area (Å²) in [5.74, 6) is 0.215. The van der Waals surface area contributed by atoms with Gasteiger partial charge in [0.2, 0.25) is 0 Å². The maximum atomic E-state index is 12.8. The fourth-order valence-electron chi connectivity index (χ4n) is 6.21. The quantitative estimate of drug-likeness (QED) is 0.725. The minimum Gasteiger partial charge on any atom is -0.462 e. The van der Waals surface area contributed by atoms with Crippen LogP contribution in [0, 0.1) is 34.5 Å². The third kappa shape index (κ3) is 2.16. The topological polar surface area (TPSA) is 69.7 Å². The van der Waals surface area contributed by atoms with Crippen LogP contribution in [0.1, 0.15) is 54.4 Å². The summed E-state index contributed by atoms with van der Waals surface area (Å²) in [7, 11) is 0. The van der Waals surface area contributed by atoms with Crippen LogP contribution >= 0.6 is 0 Å². The zero-order valence-corrected chi connectivity index (χ0v) is 15.4. The normalized spacial score (nSPS) is 45.7. The Kier molecular flexibility index (Phi) is 3.85. The Bertz CT molecular complexity index is 595.